The summed E-state index contributed by atoms with van der Waals surface area (Å²) in [6, 6.07) is 17.2. The summed E-state index contributed by atoms with van der Waals surface area (Å²) >= 11 is 0. The van der Waals surface area contributed by atoms with Crippen LogP contribution < -0.4 is 4.90 Å². The van der Waals surface area contributed by atoms with Crippen LogP contribution in [0.25, 0.3) is 0 Å². The highest BCUT2D eigenvalue weighted by molar-refractivity contribution is 5.57. The fourth-order valence-electron chi connectivity index (χ4n) is 4.11. The molecule has 0 bridgehead atoms. The van der Waals surface area contributed by atoms with Crippen molar-refractivity contribution in [2.75, 3.05) is 31.1 Å². The molecule has 2 aromatic carbocycles. The zero-order chi connectivity index (χ0) is 15.6. The molecule has 3 heteroatoms. The van der Waals surface area contributed by atoms with Gasteiger partial charge in [-0.05, 0) is 42.5 Å². The average Bonchev–Trinajstić information content (AvgIpc) is 2.62. The first-order valence-electron chi connectivity index (χ1n) is 8.68. The van der Waals surface area contributed by atoms with E-state index >= 15 is 0 Å². The molecule has 120 valence electrons. The van der Waals surface area contributed by atoms with Crippen molar-refractivity contribution in [2.24, 2.45) is 0 Å². The Morgan fingerprint density at radius 2 is 1.61 bits per heavy atom. The van der Waals surface area contributed by atoms with E-state index in [1.54, 1.807) is 6.07 Å². The zero-order valence-corrected chi connectivity index (χ0v) is 13.5. The van der Waals surface area contributed by atoms with Crippen LogP contribution >= 0.6 is 0 Å². The lowest BCUT2D eigenvalue weighted by molar-refractivity contribution is 0.168. The Hall–Kier alpha value is -2.00. The highest BCUT2D eigenvalue weighted by Gasteiger charge is 2.28. The maximum Gasteiger partial charge on any atom is 0.138 e. The number of piperazine rings is 1. The molecule has 2 aliphatic rings. The minimum Gasteiger partial charge on any atom is -0.506 e. The van der Waals surface area contributed by atoms with Gasteiger partial charge in [0.1, 0.15) is 5.75 Å². The van der Waals surface area contributed by atoms with Gasteiger partial charge in [0.15, 0.2) is 0 Å². The molecule has 1 N–H and O–H groups in total. The summed E-state index contributed by atoms with van der Waals surface area (Å²) in [5.41, 5.74) is 4.04. The largest absolute Gasteiger partial charge is 0.506 e. The Morgan fingerprint density at radius 3 is 2.43 bits per heavy atom. The number of phenols is 1. The fraction of sp³-hybridized carbons (Fsp3) is 0.400. The molecule has 1 atom stereocenters. The number of rotatable bonds is 2. The van der Waals surface area contributed by atoms with Crippen LogP contribution in [0.2, 0.25) is 0 Å². The van der Waals surface area contributed by atoms with Crippen molar-refractivity contribution in [3.05, 3.63) is 59.7 Å². The summed E-state index contributed by atoms with van der Waals surface area (Å²) in [4.78, 5) is 4.94. The minimum atomic E-state index is 0.393. The summed E-state index contributed by atoms with van der Waals surface area (Å²) in [7, 11) is 0. The van der Waals surface area contributed by atoms with Gasteiger partial charge in [-0.15, -0.1) is 0 Å². The van der Waals surface area contributed by atoms with Crippen LogP contribution in [0, 0.1) is 0 Å². The number of benzene rings is 2. The van der Waals surface area contributed by atoms with E-state index in [9.17, 15) is 5.11 Å². The Labute approximate surface area is 138 Å². The van der Waals surface area contributed by atoms with Crippen molar-refractivity contribution in [3.63, 3.8) is 0 Å². The third kappa shape index (κ3) is 2.81. The van der Waals surface area contributed by atoms with Crippen LogP contribution in [-0.2, 0) is 6.42 Å². The summed E-state index contributed by atoms with van der Waals surface area (Å²) < 4.78 is 0. The van der Waals surface area contributed by atoms with E-state index in [0.717, 1.165) is 31.9 Å². The first-order chi connectivity index (χ1) is 11.3. The minimum absolute atomic E-state index is 0.393. The molecule has 1 saturated heterocycles. The van der Waals surface area contributed by atoms with Gasteiger partial charge < -0.3 is 10.0 Å². The van der Waals surface area contributed by atoms with E-state index in [0.29, 0.717) is 11.8 Å². The molecule has 0 amide bonds. The molecule has 0 radical (unpaired) electrons. The molecule has 2 aromatic rings. The van der Waals surface area contributed by atoms with Crippen LogP contribution in [0.4, 0.5) is 5.69 Å². The standard InChI is InChI=1S/C20H24N2O/c23-20-11-4-3-9-19(20)22-14-12-21(13-15-22)18-10-5-7-16-6-1-2-8-17(16)18/h1-4,6,8-9,11,18,23H,5,7,10,12-15H2/t18-/m1/s1. The second-order valence-corrected chi connectivity index (χ2v) is 6.62. The third-order valence-electron chi connectivity index (χ3n) is 5.32. The fourth-order valence-corrected chi connectivity index (χ4v) is 4.11. The number of nitrogens with zero attached hydrogens (tertiary/aromatic N) is 2. The summed E-state index contributed by atoms with van der Waals surface area (Å²) in [5.74, 6) is 0.393. The highest BCUT2D eigenvalue weighted by atomic mass is 16.3. The first kappa shape index (κ1) is 14.6. The molecule has 1 aliphatic heterocycles. The quantitative estimate of drug-likeness (QED) is 0.918. The van der Waals surface area contributed by atoms with Crippen LogP contribution in [-0.4, -0.2) is 36.2 Å². The Morgan fingerprint density at radius 1 is 0.870 bits per heavy atom. The van der Waals surface area contributed by atoms with E-state index in [1.807, 2.05) is 18.2 Å². The smallest absolute Gasteiger partial charge is 0.138 e. The van der Waals surface area contributed by atoms with Crippen LogP contribution in [0.1, 0.15) is 30.0 Å². The number of para-hydroxylation sites is 2. The third-order valence-corrected chi connectivity index (χ3v) is 5.32. The van der Waals surface area contributed by atoms with Crippen molar-refractivity contribution in [2.45, 2.75) is 25.3 Å². The average molecular weight is 308 g/mol. The molecule has 1 aliphatic carbocycles. The summed E-state index contributed by atoms with van der Waals surface area (Å²) in [6.07, 6.45) is 3.79. The maximum atomic E-state index is 10.1. The second-order valence-electron chi connectivity index (χ2n) is 6.62. The van der Waals surface area contributed by atoms with Gasteiger partial charge >= 0.3 is 0 Å². The van der Waals surface area contributed by atoms with Gasteiger partial charge in [0.25, 0.3) is 0 Å². The van der Waals surface area contributed by atoms with Gasteiger partial charge in [0.2, 0.25) is 0 Å². The van der Waals surface area contributed by atoms with Gasteiger partial charge in [-0.3, -0.25) is 4.90 Å². The van der Waals surface area contributed by atoms with Gasteiger partial charge in [0.05, 0.1) is 5.69 Å². The number of hydrogen-bond acceptors (Lipinski definition) is 3. The maximum absolute atomic E-state index is 10.1. The van der Waals surface area contributed by atoms with E-state index in [2.05, 4.69) is 34.1 Å². The SMILES string of the molecule is Oc1ccccc1N1CCN([C@@H]2CCCc3ccccc32)CC1. The predicted molar refractivity (Wildman–Crippen MR) is 94.0 cm³/mol. The molecule has 23 heavy (non-hydrogen) atoms. The summed E-state index contributed by atoms with van der Waals surface area (Å²) in [6.45, 7) is 4.09. The van der Waals surface area contributed by atoms with Crippen molar-refractivity contribution < 1.29 is 5.11 Å². The van der Waals surface area contributed by atoms with E-state index in [4.69, 9.17) is 0 Å². The van der Waals surface area contributed by atoms with Crippen LogP contribution in [0.15, 0.2) is 48.5 Å². The van der Waals surface area contributed by atoms with Crippen molar-refractivity contribution in [3.8, 4) is 5.75 Å². The van der Waals surface area contributed by atoms with E-state index < -0.39 is 0 Å². The van der Waals surface area contributed by atoms with E-state index in [1.165, 1.54) is 30.4 Å². The number of hydrogen-bond donors (Lipinski definition) is 1. The lowest BCUT2D eigenvalue weighted by Gasteiger charge is -2.42. The number of anilines is 1. The van der Waals surface area contributed by atoms with E-state index in [-0.39, 0.29) is 0 Å². The summed E-state index contributed by atoms with van der Waals surface area (Å²) in [5, 5.41) is 10.1. The van der Waals surface area contributed by atoms with Gasteiger partial charge in [-0.1, -0.05) is 36.4 Å². The zero-order valence-electron chi connectivity index (χ0n) is 13.5. The van der Waals surface area contributed by atoms with Crippen LogP contribution in [0.5, 0.6) is 5.75 Å². The molecule has 3 nitrogen and oxygen atoms in total. The van der Waals surface area contributed by atoms with Crippen molar-refractivity contribution in [1.82, 2.24) is 4.90 Å². The predicted octanol–water partition coefficient (Wildman–Crippen LogP) is 3.59. The normalized spacial score (nSPS) is 21.9. The molecule has 0 unspecified atom stereocenters. The molecule has 4 rings (SSSR count). The number of phenolic OH excluding ortho intramolecular Hbond substituents is 1. The van der Waals surface area contributed by atoms with Crippen molar-refractivity contribution in [1.29, 1.82) is 0 Å². The molecule has 1 heterocycles. The number of fused-ring (bicyclic) bond motifs is 1. The monoisotopic (exact) mass is 308 g/mol. The molecule has 0 aromatic heterocycles. The molecule has 0 spiro atoms. The number of aromatic hydroxyl groups is 1. The molecular weight excluding hydrogens is 284 g/mol. The molecule has 0 saturated carbocycles. The molecule has 1 fully saturated rings. The van der Waals surface area contributed by atoms with Crippen molar-refractivity contribution >= 4 is 5.69 Å². The Balaban J connectivity index is 1.48. The second kappa shape index (κ2) is 6.25. The van der Waals surface area contributed by atoms with Gasteiger partial charge in [0, 0.05) is 32.2 Å². The topological polar surface area (TPSA) is 26.7 Å². The number of aryl methyl sites for hydroxylation is 1. The first-order valence-corrected chi connectivity index (χ1v) is 8.68. The Kier molecular flexibility index (Phi) is 3.96. The van der Waals surface area contributed by atoms with Gasteiger partial charge in [-0.2, -0.15) is 0 Å². The Bertz CT molecular complexity index is 677. The highest BCUT2D eigenvalue weighted by Crippen LogP contribution is 2.35. The lowest BCUT2D eigenvalue weighted by atomic mass is 9.86. The lowest BCUT2D eigenvalue weighted by Crippen LogP contribution is -2.48. The van der Waals surface area contributed by atoms with Gasteiger partial charge in [-0.25, -0.2) is 0 Å². The molecular formula is C20H24N2O. The van der Waals surface area contributed by atoms with Crippen LogP contribution in [0.3, 0.4) is 0 Å².